The topological polar surface area (TPSA) is 46.6 Å². The summed E-state index contributed by atoms with van der Waals surface area (Å²) in [6.45, 7) is 1.44. The minimum absolute atomic E-state index is 0.117. The largest absolute Gasteiger partial charge is 0.465 e. The van der Waals surface area contributed by atoms with Crippen LogP contribution in [0.5, 0.6) is 0 Å². The second-order valence-electron chi connectivity index (χ2n) is 2.70. The highest BCUT2D eigenvalue weighted by atomic mass is 32.1. The summed E-state index contributed by atoms with van der Waals surface area (Å²) in [6, 6.07) is 1.72. The van der Waals surface area contributed by atoms with Crippen LogP contribution < -0.4 is 4.90 Å². The van der Waals surface area contributed by atoms with Crippen molar-refractivity contribution in [3.05, 3.63) is 16.3 Å². The number of thiophene rings is 1. The van der Waals surface area contributed by atoms with E-state index in [-0.39, 0.29) is 5.91 Å². The first-order valence-electron chi connectivity index (χ1n) is 3.98. The van der Waals surface area contributed by atoms with Crippen LogP contribution in [0.25, 0.3) is 0 Å². The number of hydrogen-bond donors (Lipinski definition) is 0. The second kappa shape index (κ2) is 4.23. The van der Waals surface area contributed by atoms with E-state index in [1.165, 1.54) is 30.3 Å². The third kappa shape index (κ3) is 1.93. The van der Waals surface area contributed by atoms with Gasteiger partial charge in [0.05, 0.1) is 12.8 Å². The lowest BCUT2D eigenvalue weighted by molar-refractivity contribution is -0.116. The molecular weight excluding hydrogens is 202 g/mol. The fourth-order valence-corrected chi connectivity index (χ4v) is 1.82. The molecular formula is C9H11NO3S. The molecule has 5 heteroatoms. The lowest BCUT2D eigenvalue weighted by Crippen LogP contribution is -2.24. The predicted molar refractivity (Wildman–Crippen MR) is 54.7 cm³/mol. The number of methoxy groups -OCH3 is 1. The number of amides is 1. The van der Waals surface area contributed by atoms with Gasteiger partial charge in [0.25, 0.3) is 0 Å². The Morgan fingerprint density at radius 3 is 2.64 bits per heavy atom. The van der Waals surface area contributed by atoms with Crippen molar-refractivity contribution in [2.75, 3.05) is 19.1 Å². The Labute approximate surface area is 86.1 Å². The molecule has 0 atom stereocenters. The summed E-state index contributed by atoms with van der Waals surface area (Å²) in [5.41, 5.74) is 0.592. The van der Waals surface area contributed by atoms with Gasteiger partial charge in [-0.25, -0.2) is 4.79 Å². The molecule has 4 nitrogen and oxygen atoms in total. The summed E-state index contributed by atoms with van der Waals surface area (Å²) in [7, 11) is 2.94. The standard InChI is InChI=1S/C9H11NO3S/c1-6(11)10(2)7-4-5-14-8(7)9(12)13-3/h4-5H,1-3H3. The molecule has 0 bridgehead atoms. The lowest BCUT2D eigenvalue weighted by Gasteiger charge is -2.14. The molecule has 0 radical (unpaired) electrons. The molecule has 0 aromatic carbocycles. The Kier molecular flexibility index (Phi) is 3.24. The van der Waals surface area contributed by atoms with E-state index in [2.05, 4.69) is 4.74 Å². The number of hydrogen-bond acceptors (Lipinski definition) is 4. The predicted octanol–water partition coefficient (Wildman–Crippen LogP) is 1.52. The molecule has 0 unspecified atom stereocenters. The van der Waals surface area contributed by atoms with Crippen molar-refractivity contribution in [1.82, 2.24) is 0 Å². The molecule has 1 aromatic heterocycles. The van der Waals surface area contributed by atoms with Crippen molar-refractivity contribution >= 4 is 28.9 Å². The average molecular weight is 213 g/mol. The molecule has 1 aromatic rings. The van der Waals surface area contributed by atoms with Crippen molar-refractivity contribution in [2.45, 2.75) is 6.92 Å². The van der Waals surface area contributed by atoms with Gasteiger partial charge in [0.15, 0.2) is 0 Å². The molecule has 1 heterocycles. The number of esters is 1. The number of anilines is 1. The van der Waals surface area contributed by atoms with E-state index in [0.29, 0.717) is 10.6 Å². The van der Waals surface area contributed by atoms with Crippen LogP contribution in [0.15, 0.2) is 11.4 Å². The fraction of sp³-hybridized carbons (Fsp3) is 0.333. The fourth-order valence-electron chi connectivity index (χ4n) is 0.982. The number of nitrogens with zero attached hydrogens (tertiary/aromatic N) is 1. The summed E-state index contributed by atoms with van der Waals surface area (Å²) in [5.74, 6) is -0.531. The maximum Gasteiger partial charge on any atom is 0.350 e. The van der Waals surface area contributed by atoms with Crippen LogP contribution in [0.3, 0.4) is 0 Å². The SMILES string of the molecule is COC(=O)c1sccc1N(C)C(C)=O. The van der Waals surface area contributed by atoms with Crippen LogP contribution in [0.4, 0.5) is 5.69 Å². The van der Waals surface area contributed by atoms with Gasteiger partial charge in [-0.15, -0.1) is 11.3 Å². The minimum Gasteiger partial charge on any atom is -0.465 e. The van der Waals surface area contributed by atoms with E-state index in [9.17, 15) is 9.59 Å². The number of carbonyl (C=O) groups is 2. The zero-order valence-electron chi connectivity index (χ0n) is 8.23. The highest BCUT2D eigenvalue weighted by molar-refractivity contribution is 7.12. The Bertz CT molecular complexity index is 359. The van der Waals surface area contributed by atoms with Gasteiger partial charge in [-0.1, -0.05) is 0 Å². The van der Waals surface area contributed by atoms with E-state index in [0.717, 1.165) is 0 Å². The number of ether oxygens (including phenoxy) is 1. The molecule has 0 spiro atoms. The molecule has 0 saturated heterocycles. The summed E-state index contributed by atoms with van der Waals surface area (Å²) in [5, 5.41) is 1.75. The molecule has 1 rings (SSSR count). The Morgan fingerprint density at radius 2 is 2.14 bits per heavy atom. The van der Waals surface area contributed by atoms with Crippen molar-refractivity contribution < 1.29 is 14.3 Å². The van der Waals surface area contributed by atoms with Gasteiger partial charge in [-0.3, -0.25) is 4.79 Å². The molecule has 14 heavy (non-hydrogen) atoms. The van der Waals surface area contributed by atoms with Crippen LogP contribution in [0, 0.1) is 0 Å². The van der Waals surface area contributed by atoms with Crippen molar-refractivity contribution in [3.63, 3.8) is 0 Å². The number of rotatable bonds is 2. The molecule has 1 amide bonds. The third-order valence-electron chi connectivity index (χ3n) is 1.85. The van der Waals surface area contributed by atoms with Crippen LogP contribution >= 0.6 is 11.3 Å². The van der Waals surface area contributed by atoms with Gasteiger partial charge in [-0.05, 0) is 11.4 Å². The maximum absolute atomic E-state index is 11.3. The third-order valence-corrected chi connectivity index (χ3v) is 2.73. The Hall–Kier alpha value is -1.36. The monoisotopic (exact) mass is 213 g/mol. The quantitative estimate of drug-likeness (QED) is 0.700. The molecule has 76 valence electrons. The Balaban J connectivity index is 3.04. The summed E-state index contributed by atoms with van der Waals surface area (Å²) < 4.78 is 4.60. The highest BCUT2D eigenvalue weighted by Gasteiger charge is 2.18. The van der Waals surface area contributed by atoms with Crippen LogP contribution in [0.2, 0.25) is 0 Å². The molecule has 0 saturated carbocycles. The van der Waals surface area contributed by atoms with E-state index in [1.807, 2.05) is 0 Å². The summed E-state index contributed by atoms with van der Waals surface area (Å²) in [4.78, 5) is 24.2. The van der Waals surface area contributed by atoms with Crippen molar-refractivity contribution in [3.8, 4) is 0 Å². The van der Waals surface area contributed by atoms with Gasteiger partial charge >= 0.3 is 5.97 Å². The zero-order valence-corrected chi connectivity index (χ0v) is 9.05. The minimum atomic E-state index is -0.414. The van der Waals surface area contributed by atoms with E-state index < -0.39 is 5.97 Å². The molecule has 0 aliphatic rings. The lowest BCUT2D eigenvalue weighted by atomic mass is 10.3. The van der Waals surface area contributed by atoms with Gasteiger partial charge in [0, 0.05) is 14.0 Å². The van der Waals surface area contributed by atoms with E-state index in [1.54, 1.807) is 18.5 Å². The highest BCUT2D eigenvalue weighted by Crippen LogP contribution is 2.26. The first-order chi connectivity index (χ1) is 6.57. The first-order valence-corrected chi connectivity index (χ1v) is 4.86. The van der Waals surface area contributed by atoms with E-state index >= 15 is 0 Å². The smallest absolute Gasteiger partial charge is 0.350 e. The van der Waals surface area contributed by atoms with Crippen LogP contribution in [-0.2, 0) is 9.53 Å². The molecule has 0 aliphatic carbocycles. The van der Waals surface area contributed by atoms with Gasteiger partial charge in [0.1, 0.15) is 4.88 Å². The maximum atomic E-state index is 11.3. The first kappa shape index (κ1) is 10.7. The molecule has 0 N–H and O–H groups in total. The molecule has 0 aliphatic heterocycles. The van der Waals surface area contributed by atoms with Crippen LogP contribution in [0.1, 0.15) is 16.6 Å². The summed E-state index contributed by atoms with van der Waals surface area (Å²) >= 11 is 1.26. The normalized spacial score (nSPS) is 9.64. The second-order valence-corrected chi connectivity index (χ2v) is 3.62. The van der Waals surface area contributed by atoms with Gasteiger partial charge in [-0.2, -0.15) is 0 Å². The van der Waals surface area contributed by atoms with Crippen molar-refractivity contribution in [1.29, 1.82) is 0 Å². The zero-order chi connectivity index (χ0) is 10.7. The van der Waals surface area contributed by atoms with Gasteiger partial charge < -0.3 is 9.64 Å². The van der Waals surface area contributed by atoms with Crippen molar-refractivity contribution in [2.24, 2.45) is 0 Å². The van der Waals surface area contributed by atoms with Gasteiger partial charge in [0.2, 0.25) is 5.91 Å². The van der Waals surface area contributed by atoms with E-state index in [4.69, 9.17) is 0 Å². The van der Waals surface area contributed by atoms with Crippen LogP contribution in [-0.4, -0.2) is 26.0 Å². The molecule has 0 fully saturated rings. The Morgan fingerprint density at radius 1 is 1.50 bits per heavy atom. The summed E-state index contributed by atoms with van der Waals surface area (Å²) in [6.07, 6.45) is 0. The number of carbonyl (C=O) groups excluding carboxylic acids is 2. The average Bonchev–Trinajstić information content (AvgIpc) is 2.63.